The Morgan fingerprint density at radius 3 is 2.71 bits per heavy atom. The Balaban J connectivity index is 1.69. The number of nitrogens with zero attached hydrogens (tertiary/aromatic N) is 2. The van der Waals surface area contributed by atoms with Crippen LogP contribution in [-0.4, -0.2) is 29.4 Å². The van der Waals surface area contributed by atoms with E-state index in [1.807, 2.05) is 36.4 Å². The van der Waals surface area contributed by atoms with Crippen LogP contribution in [0, 0.1) is 0 Å². The third kappa shape index (κ3) is 2.94. The lowest BCUT2D eigenvalue weighted by atomic mass is 10.2. The molecule has 4 heteroatoms. The van der Waals surface area contributed by atoms with Gasteiger partial charge in [-0.25, -0.2) is 0 Å². The van der Waals surface area contributed by atoms with Crippen molar-refractivity contribution in [1.29, 1.82) is 0 Å². The van der Waals surface area contributed by atoms with Crippen molar-refractivity contribution in [2.45, 2.75) is 6.42 Å². The molecule has 21 heavy (non-hydrogen) atoms. The standard InChI is InChI=1S/C17H16N2O2/c1-19(11-8-13-6-9-18-10-7-13)17(20)16-12-14-4-2-3-5-15(14)21-16/h2-7,9-10,12H,8,11H2,1H3. The van der Waals surface area contributed by atoms with Gasteiger partial charge in [-0.15, -0.1) is 0 Å². The number of rotatable bonds is 4. The molecule has 0 radical (unpaired) electrons. The molecule has 0 aliphatic rings. The Hall–Kier alpha value is -2.62. The SMILES string of the molecule is CN(CCc1ccncc1)C(=O)c1cc2ccccc2o1. The van der Waals surface area contributed by atoms with Gasteiger partial charge >= 0.3 is 0 Å². The Morgan fingerprint density at radius 2 is 1.95 bits per heavy atom. The van der Waals surface area contributed by atoms with E-state index in [0.29, 0.717) is 12.3 Å². The molecule has 0 fully saturated rings. The highest BCUT2D eigenvalue weighted by atomic mass is 16.3. The van der Waals surface area contributed by atoms with E-state index in [0.717, 1.165) is 23.0 Å². The van der Waals surface area contributed by atoms with Gasteiger partial charge < -0.3 is 9.32 Å². The number of aromatic nitrogens is 1. The highest BCUT2D eigenvalue weighted by Crippen LogP contribution is 2.19. The van der Waals surface area contributed by atoms with Crippen LogP contribution < -0.4 is 0 Å². The molecule has 4 nitrogen and oxygen atoms in total. The summed E-state index contributed by atoms with van der Waals surface area (Å²) in [5.41, 5.74) is 1.90. The van der Waals surface area contributed by atoms with E-state index in [-0.39, 0.29) is 5.91 Å². The summed E-state index contributed by atoms with van der Waals surface area (Å²) in [5.74, 6) is 0.286. The maximum absolute atomic E-state index is 12.4. The van der Waals surface area contributed by atoms with Gasteiger partial charge in [-0.05, 0) is 36.2 Å². The zero-order valence-corrected chi connectivity index (χ0v) is 11.8. The second kappa shape index (κ2) is 5.79. The van der Waals surface area contributed by atoms with E-state index in [9.17, 15) is 4.79 Å². The smallest absolute Gasteiger partial charge is 0.289 e. The lowest BCUT2D eigenvalue weighted by Gasteiger charge is -2.15. The number of carbonyl (C=O) groups is 1. The normalized spacial score (nSPS) is 10.7. The molecule has 0 aliphatic carbocycles. The Morgan fingerprint density at radius 1 is 1.19 bits per heavy atom. The summed E-state index contributed by atoms with van der Waals surface area (Å²) in [6, 6.07) is 13.3. The van der Waals surface area contributed by atoms with E-state index in [1.54, 1.807) is 30.4 Å². The van der Waals surface area contributed by atoms with Gasteiger partial charge in [-0.1, -0.05) is 18.2 Å². The van der Waals surface area contributed by atoms with E-state index in [1.165, 1.54) is 0 Å². The molecule has 0 atom stereocenters. The van der Waals surface area contributed by atoms with Crippen molar-refractivity contribution in [3.63, 3.8) is 0 Å². The molecule has 0 saturated carbocycles. The first-order valence-electron chi connectivity index (χ1n) is 6.87. The van der Waals surface area contributed by atoms with Crippen LogP contribution in [0.3, 0.4) is 0 Å². The van der Waals surface area contributed by atoms with Gasteiger partial charge in [0.15, 0.2) is 5.76 Å². The molecule has 0 saturated heterocycles. The average Bonchev–Trinajstić information content (AvgIpc) is 2.97. The van der Waals surface area contributed by atoms with Crippen LogP contribution >= 0.6 is 0 Å². The van der Waals surface area contributed by atoms with E-state index < -0.39 is 0 Å². The van der Waals surface area contributed by atoms with Crippen LogP contribution in [0.2, 0.25) is 0 Å². The highest BCUT2D eigenvalue weighted by molar-refractivity contribution is 5.95. The lowest BCUT2D eigenvalue weighted by Crippen LogP contribution is -2.28. The molecule has 2 aromatic heterocycles. The predicted octanol–water partition coefficient (Wildman–Crippen LogP) is 3.14. The van der Waals surface area contributed by atoms with Crippen molar-refractivity contribution in [2.75, 3.05) is 13.6 Å². The number of likely N-dealkylation sites (N-methyl/N-ethyl adjacent to an activating group) is 1. The van der Waals surface area contributed by atoms with Crippen LogP contribution in [0.1, 0.15) is 16.1 Å². The Bertz CT molecular complexity index is 717. The average molecular weight is 280 g/mol. The summed E-state index contributed by atoms with van der Waals surface area (Å²) in [7, 11) is 1.79. The molecule has 2 heterocycles. The molecule has 106 valence electrons. The molecule has 0 bridgehead atoms. The van der Waals surface area contributed by atoms with Crippen LogP contribution in [0.4, 0.5) is 0 Å². The molecule has 0 unspecified atom stereocenters. The van der Waals surface area contributed by atoms with Crippen LogP contribution in [-0.2, 0) is 6.42 Å². The summed E-state index contributed by atoms with van der Waals surface area (Å²) in [6.07, 6.45) is 4.32. The first kappa shape index (κ1) is 13.4. The number of para-hydroxylation sites is 1. The highest BCUT2D eigenvalue weighted by Gasteiger charge is 2.16. The van der Waals surface area contributed by atoms with Crippen molar-refractivity contribution >= 4 is 16.9 Å². The van der Waals surface area contributed by atoms with Gasteiger partial charge in [0.2, 0.25) is 0 Å². The monoisotopic (exact) mass is 280 g/mol. The predicted molar refractivity (Wildman–Crippen MR) is 81.1 cm³/mol. The number of hydrogen-bond donors (Lipinski definition) is 0. The zero-order valence-electron chi connectivity index (χ0n) is 11.8. The van der Waals surface area contributed by atoms with Crippen molar-refractivity contribution < 1.29 is 9.21 Å². The van der Waals surface area contributed by atoms with Gasteiger partial charge in [0.05, 0.1) is 0 Å². The van der Waals surface area contributed by atoms with Crippen LogP contribution in [0.15, 0.2) is 59.3 Å². The third-order valence-electron chi connectivity index (χ3n) is 3.47. The molecular weight excluding hydrogens is 264 g/mol. The van der Waals surface area contributed by atoms with Crippen molar-refractivity contribution in [2.24, 2.45) is 0 Å². The quantitative estimate of drug-likeness (QED) is 0.737. The van der Waals surface area contributed by atoms with Crippen LogP contribution in [0.25, 0.3) is 11.0 Å². The third-order valence-corrected chi connectivity index (χ3v) is 3.47. The maximum atomic E-state index is 12.4. The summed E-state index contributed by atoms with van der Waals surface area (Å²) in [6.45, 7) is 0.639. The van der Waals surface area contributed by atoms with E-state index in [2.05, 4.69) is 4.98 Å². The fourth-order valence-electron chi connectivity index (χ4n) is 2.22. The van der Waals surface area contributed by atoms with Crippen LogP contribution in [0.5, 0.6) is 0 Å². The lowest BCUT2D eigenvalue weighted by molar-refractivity contribution is 0.0767. The summed E-state index contributed by atoms with van der Waals surface area (Å²) in [4.78, 5) is 18.0. The van der Waals surface area contributed by atoms with E-state index >= 15 is 0 Å². The minimum Gasteiger partial charge on any atom is -0.451 e. The fraction of sp³-hybridized carbons (Fsp3) is 0.176. The summed E-state index contributed by atoms with van der Waals surface area (Å²) in [5, 5.41) is 0.948. The molecule has 0 spiro atoms. The number of amides is 1. The van der Waals surface area contributed by atoms with Gasteiger partial charge in [0.1, 0.15) is 5.58 Å². The number of carbonyl (C=O) groups excluding carboxylic acids is 1. The number of hydrogen-bond acceptors (Lipinski definition) is 3. The summed E-state index contributed by atoms with van der Waals surface area (Å²) < 4.78 is 5.60. The van der Waals surface area contributed by atoms with Crippen molar-refractivity contribution in [1.82, 2.24) is 9.88 Å². The molecule has 1 aromatic carbocycles. The zero-order chi connectivity index (χ0) is 14.7. The number of benzene rings is 1. The molecular formula is C17H16N2O2. The molecule has 3 rings (SSSR count). The number of furan rings is 1. The molecule has 0 aliphatic heterocycles. The van der Waals surface area contributed by atoms with Gasteiger partial charge in [-0.2, -0.15) is 0 Å². The minimum atomic E-state index is -0.0970. The van der Waals surface area contributed by atoms with Crippen molar-refractivity contribution in [3.8, 4) is 0 Å². The Kier molecular flexibility index (Phi) is 3.69. The molecule has 0 N–H and O–H groups in total. The first-order chi connectivity index (χ1) is 10.2. The number of fused-ring (bicyclic) bond motifs is 1. The maximum Gasteiger partial charge on any atom is 0.289 e. The summed E-state index contributed by atoms with van der Waals surface area (Å²) >= 11 is 0. The number of pyridine rings is 1. The minimum absolute atomic E-state index is 0.0970. The topological polar surface area (TPSA) is 46.3 Å². The second-order valence-corrected chi connectivity index (χ2v) is 4.98. The first-order valence-corrected chi connectivity index (χ1v) is 6.87. The van der Waals surface area contributed by atoms with E-state index in [4.69, 9.17) is 4.42 Å². The van der Waals surface area contributed by atoms with Gasteiger partial charge in [-0.3, -0.25) is 9.78 Å². The molecule has 1 amide bonds. The van der Waals surface area contributed by atoms with Gasteiger partial charge in [0.25, 0.3) is 5.91 Å². The largest absolute Gasteiger partial charge is 0.451 e. The Labute approximate surface area is 123 Å². The van der Waals surface area contributed by atoms with Crippen molar-refractivity contribution in [3.05, 3.63) is 66.2 Å². The van der Waals surface area contributed by atoms with Gasteiger partial charge in [0, 0.05) is 31.4 Å². The molecule has 3 aromatic rings. The second-order valence-electron chi connectivity index (χ2n) is 4.98. The fourth-order valence-corrected chi connectivity index (χ4v) is 2.22.